The molecule has 0 saturated carbocycles. The van der Waals surface area contributed by atoms with E-state index in [2.05, 4.69) is 23.4 Å². The number of rotatable bonds is 6. The summed E-state index contributed by atoms with van der Waals surface area (Å²) in [4.78, 5) is 20.9. The summed E-state index contributed by atoms with van der Waals surface area (Å²) < 4.78 is 0. The van der Waals surface area contributed by atoms with Crippen LogP contribution in [0.1, 0.15) is 25.3 Å². The lowest BCUT2D eigenvalue weighted by Gasteiger charge is -2.29. The molecule has 0 bridgehead atoms. The predicted molar refractivity (Wildman–Crippen MR) is 80.1 cm³/mol. The molecule has 0 aliphatic carbocycles. The second kappa shape index (κ2) is 7.20. The molecular weight excluding hydrogens is 250 g/mol. The fraction of sp³-hybridized carbons (Fsp3) is 0.500. The van der Waals surface area contributed by atoms with E-state index in [1.54, 1.807) is 18.5 Å². The Kier molecular flexibility index (Phi) is 5.30. The van der Waals surface area contributed by atoms with Gasteiger partial charge in [0, 0.05) is 25.5 Å². The van der Waals surface area contributed by atoms with Gasteiger partial charge in [-0.3, -0.25) is 14.7 Å². The molecule has 1 aromatic rings. The molecule has 1 fully saturated rings. The molecule has 1 amide bonds. The normalized spacial score (nSPS) is 18.9. The Bertz CT molecular complexity index is 446. The molecule has 0 radical (unpaired) electrons. The van der Waals surface area contributed by atoms with Gasteiger partial charge in [0.25, 0.3) is 0 Å². The van der Waals surface area contributed by atoms with E-state index in [4.69, 9.17) is 0 Å². The molecular formula is C16H23N3O. The minimum atomic E-state index is 0.0433. The highest BCUT2D eigenvalue weighted by Gasteiger charge is 2.32. The standard InChI is InChI=1S/C16H23N3O/c1-3-11-19(13-14-7-9-17-10-8-14)16(20)15-6-5-12-18(15)4-2/h3,7-10,15H,1,4-6,11-13H2,2H3/t15-/m0/s1. The Hall–Kier alpha value is -1.68. The van der Waals surface area contributed by atoms with Crippen molar-refractivity contribution in [2.75, 3.05) is 19.6 Å². The van der Waals surface area contributed by atoms with Gasteiger partial charge >= 0.3 is 0 Å². The summed E-state index contributed by atoms with van der Waals surface area (Å²) >= 11 is 0. The highest BCUT2D eigenvalue weighted by Crippen LogP contribution is 2.19. The molecule has 1 aliphatic rings. The van der Waals surface area contributed by atoms with Crippen LogP contribution in [0.3, 0.4) is 0 Å². The van der Waals surface area contributed by atoms with E-state index in [1.807, 2.05) is 17.0 Å². The van der Waals surface area contributed by atoms with Crippen LogP contribution in [0.15, 0.2) is 37.2 Å². The fourth-order valence-corrected chi connectivity index (χ4v) is 2.79. The lowest BCUT2D eigenvalue weighted by molar-refractivity contribution is -0.136. The molecule has 1 atom stereocenters. The van der Waals surface area contributed by atoms with Gasteiger partial charge in [-0.25, -0.2) is 0 Å². The molecule has 0 aromatic carbocycles. The van der Waals surface area contributed by atoms with Gasteiger partial charge in [0.2, 0.25) is 5.91 Å². The summed E-state index contributed by atoms with van der Waals surface area (Å²) in [5.74, 6) is 0.223. The van der Waals surface area contributed by atoms with Crippen molar-refractivity contribution in [1.29, 1.82) is 0 Å². The van der Waals surface area contributed by atoms with Crippen molar-refractivity contribution in [3.05, 3.63) is 42.7 Å². The second-order valence-corrected chi connectivity index (χ2v) is 5.15. The number of aromatic nitrogens is 1. The van der Waals surface area contributed by atoms with Gasteiger partial charge in [-0.1, -0.05) is 13.0 Å². The van der Waals surface area contributed by atoms with Gasteiger partial charge in [-0.05, 0) is 43.6 Å². The Morgan fingerprint density at radius 1 is 1.55 bits per heavy atom. The van der Waals surface area contributed by atoms with Crippen LogP contribution in [0.25, 0.3) is 0 Å². The smallest absolute Gasteiger partial charge is 0.240 e. The summed E-state index contributed by atoms with van der Waals surface area (Å²) in [5.41, 5.74) is 1.11. The first-order valence-corrected chi connectivity index (χ1v) is 7.29. The molecule has 1 saturated heterocycles. The average Bonchev–Trinajstić information content (AvgIpc) is 2.95. The fourth-order valence-electron chi connectivity index (χ4n) is 2.79. The van der Waals surface area contributed by atoms with Gasteiger partial charge < -0.3 is 4.90 Å². The number of likely N-dealkylation sites (N-methyl/N-ethyl adjacent to an activating group) is 1. The van der Waals surface area contributed by atoms with Crippen LogP contribution in [0.5, 0.6) is 0 Å². The zero-order chi connectivity index (χ0) is 14.4. The van der Waals surface area contributed by atoms with Crippen LogP contribution in [-0.4, -0.2) is 46.4 Å². The van der Waals surface area contributed by atoms with Crippen molar-refractivity contribution < 1.29 is 4.79 Å². The zero-order valence-electron chi connectivity index (χ0n) is 12.2. The van der Waals surface area contributed by atoms with E-state index in [0.717, 1.165) is 31.5 Å². The number of pyridine rings is 1. The number of likely N-dealkylation sites (tertiary alicyclic amines) is 1. The van der Waals surface area contributed by atoms with Crippen LogP contribution in [0.2, 0.25) is 0 Å². The van der Waals surface area contributed by atoms with Crippen LogP contribution >= 0.6 is 0 Å². The summed E-state index contributed by atoms with van der Waals surface area (Å²) in [6, 6.07) is 3.95. The highest BCUT2D eigenvalue weighted by atomic mass is 16.2. The molecule has 2 heterocycles. The van der Waals surface area contributed by atoms with Gasteiger partial charge in [-0.2, -0.15) is 0 Å². The molecule has 0 unspecified atom stereocenters. The lowest BCUT2D eigenvalue weighted by atomic mass is 10.1. The summed E-state index contributed by atoms with van der Waals surface area (Å²) in [6.45, 7) is 9.08. The number of amides is 1. The Morgan fingerprint density at radius 3 is 2.95 bits per heavy atom. The topological polar surface area (TPSA) is 36.4 Å². The minimum Gasteiger partial charge on any atom is -0.333 e. The molecule has 1 aliphatic heterocycles. The summed E-state index contributed by atoms with van der Waals surface area (Å²) in [6.07, 6.45) is 7.40. The molecule has 0 N–H and O–H groups in total. The van der Waals surface area contributed by atoms with Gasteiger partial charge in [0.05, 0.1) is 6.04 Å². The molecule has 108 valence electrons. The average molecular weight is 273 g/mol. The molecule has 1 aromatic heterocycles. The zero-order valence-corrected chi connectivity index (χ0v) is 12.2. The van der Waals surface area contributed by atoms with Crippen molar-refractivity contribution in [2.24, 2.45) is 0 Å². The van der Waals surface area contributed by atoms with E-state index < -0.39 is 0 Å². The van der Waals surface area contributed by atoms with Gasteiger partial charge in [0.1, 0.15) is 0 Å². The monoisotopic (exact) mass is 273 g/mol. The third-order valence-corrected chi connectivity index (χ3v) is 3.84. The van der Waals surface area contributed by atoms with Crippen molar-refractivity contribution in [2.45, 2.75) is 32.4 Å². The molecule has 4 nitrogen and oxygen atoms in total. The number of carbonyl (C=O) groups is 1. The Balaban J connectivity index is 2.07. The van der Waals surface area contributed by atoms with Crippen LogP contribution in [0.4, 0.5) is 0 Å². The number of carbonyl (C=O) groups excluding carboxylic acids is 1. The summed E-state index contributed by atoms with van der Waals surface area (Å²) in [7, 11) is 0. The summed E-state index contributed by atoms with van der Waals surface area (Å²) in [5, 5.41) is 0. The third kappa shape index (κ3) is 3.45. The maximum atomic E-state index is 12.7. The quantitative estimate of drug-likeness (QED) is 0.745. The number of hydrogen-bond donors (Lipinski definition) is 0. The predicted octanol–water partition coefficient (Wildman–Crippen LogP) is 2.08. The van der Waals surface area contributed by atoms with Crippen molar-refractivity contribution in [3.8, 4) is 0 Å². The van der Waals surface area contributed by atoms with Crippen LogP contribution in [0, 0.1) is 0 Å². The minimum absolute atomic E-state index is 0.0433. The maximum absolute atomic E-state index is 12.7. The van der Waals surface area contributed by atoms with Gasteiger partial charge in [0.15, 0.2) is 0 Å². The van der Waals surface area contributed by atoms with Crippen LogP contribution < -0.4 is 0 Å². The van der Waals surface area contributed by atoms with Crippen molar-refractivity contribution >= 4 is 5.91 Å². The van der Waals surface area contributed by atoms with Crippen molar-refractivity contribution in [3.63, 3.8) is 0 Å². The number of nitrogens with zero attached hydrogens (tertiary/aromatic N) is 3. The van der Waals surface area contributed by atoms with Gasteiger partial charge in [-0.15, -0.1) is 6.58 Å². The van der Waals surface area contributed by atoms with E-state index in [1.165, 1.54) is 0 Å². The largest absolute Gasteiger partial charge is 0.333 e. The molecule has 0 spiro atoms. The molecule has 4 heteroatoms. The molecule has 20 heavy (non-hydrogen) atoms. The van der Waals surface area contributed by atoms with E-state index in [-0.39, 0.29) is 11.9 Å². The van der Waals surface area contributed by atoms with Crippen molar-refractivity contribution in [1.82, 2.24) is 14.8 Å². The first kappa shape index (κ1) is 14.7. The first-order chi connectivity index (χ1) is 9.76. The van der Waals surface area contributed by atoms with E-state index in [9.17, 15) is 4.79 Å². The maximum Gasteiger partial charge on any atom is 0.240 e. The molecule has 2 rings (SSSR count). The number of hydrogen-bond acceptors (Lipinski definition) is 3. The van der Waals surface area contributed by atoms with E-state index in [0.29, 0.717) is 13.1 Å². The Morgan fingerprint density at radius 2 is 2.30 bits per heavy atom. The first-order valence-electron chi connectivity index (χ1n) is 7.29. The second-order valence-electron chi connectivity index (χ2n) is 5.15. The highest BCUT2D eigenvalue weighted by molar-refractivity contribution is 5.82. The van der Waals surface area contributed by atoms with E-state index >= 15 is 0 Å². The van der Waals surface area contributed by atoms with Crippen LogP contribution in [-0.2, 0) is 11.3 Å². The SMILES string of the molecule is C=CCN(Cc1ccncc1)C(=O)[C@@H]1CCCN1CC. The lowest BCUT2D eigenvalue weighted by Crippen LogP contribution is -2.45. The Labute approximate surface area is 121 Å². The third-order valence-electron chi connectivity index (χ3n) is 3.84.